The lowest BCUT2D eigenvalue weighted by Crippen LogP contribution is -2.26. The monoisotopic (exact) mass is 250 g/mol. The Bertz CT molecular complexity index is 542. The molecule has 18 heavy (non-hydrogen) atoms. The van der Waals surface area contributed by atoms with Crippen LogP contribution in [-0.4, -0.2) is 34.4 Å². The lowest BCUT2D eigenvalue weighted by molar-refractivity contribution is 0.187. The van der Waals surface area contributed by atoms with Gasteiger partial charge in [-0.2, -0.15) is 4.98 Å². The van der Waals surface area contributed by atoms with Crippen LogP contribution in [0.25, 0.3) is 11.5 Å². The maximum absolute atomic E-state index is 12.7. The quantitative estimate of drug-likeness (QED) is 0.844. The third-order valence-corrected chi connectivity index (χ3v) is 2.84. The summed E-state index contributed by atoms with van der Waals surface area (Å²) < 4.78 is 23.1. The van der Waals surface area contributed by atoms with E-state index in [1.807, 2.05) is 0 Å². The van der Waals surface area contributed by atoms with Crippen molar-refractivity contribution in [2.75, 3.05) is 13.2 Å². The number of nitrogens with two attached hydrogens (primary N) is 1. The van der Waals surface area contributed by atoms with Gasteiger partial charge < -0.3 is 15.0 Å². The van der Waals surface area contributed by atoms with Crippen LogP contribution in [-0.2, 0) is 4.74 Å². The van der Waals surface area contributed by atoms with E-state index in [1.165, 1.54) is 12.1 Å². The molecule has 0 bridgehead atoms. The van der Waals surface area contributed by atoms with E-state index in [1.54, 1.807) is 0 Å². The molecule has 1 aliphatic rings. The lowest BCUT2D eigenvalue weighted by atomic mass is 10.1. The van der Waals surface area contributed by atoms with Crippen LogP contribution in [0, 0.1) is 5.82 Å². The summed E-state index contributed by atoms with van der Waals surface area (Å²) >= 11 is 0. The molecule has 6 nitrogen and oxygen atoms in total. The van der Waals surface area contributed by atoms with Gasteiger partial charge in [-0.3, -0.25) is 0 Å². The first-order valence-corrected chi connectivity index (χ1v) is 5.53. The van der Waals surface area contributed by atoms with E-state index in [9.17, 15) is 4.39 Å². The molecule has 1 fully saturated rings. The molecule has 0 spiro atoms. The van der Waals surface area contributed by atoms with E-state index in [2.05, 4.69) is 15.1 Å². The average molecular weight is 250 g/mol. The summed E-state index contributed by atoms with van der Waals surface area (Å²) in [6, 6.07) is 2.65. The molecule has 0 saturated carbocycles. The van der Waals surface area contributed by atoms with Gasteiger partial charge in [0.05, 0.1) is 25.3 Å². The van der Waals surface area contributed by atoms with E-state index >= 15 is 0 Å². The van der Waals surface area contributed by atoms with Crippen molar-refractivity contribution < 1.29 is 13.7 Å². The summed E-state index contributed by atoms with van der Waals surface area (Å²) in [5.41, 5.74) is 6.32. The van der Waals surface area contributed by atoms with Crippen LogP contribution in [0.2, 0.25) is 0 Å². The van der Waals surface area contributed by atoms with Gasteiger partial charge in [0.2, 0.25) is 11.7 Å². The molecule has 2 atom stereocenters. The standard InChI is InChI=1S/C11H11FN4O2/c12-6-1-2-9(14-3-6)10-15-11(18-16-10)7-4-17-5-8(7)13/h1-3,7-8H,4-5,13H2. The Morgan fingerprint density at radius 2 is 2.22 bits per heavy atom. The maximum Gasteiger partial charge on any atom is 0.234 e. The molecule has 2 N–H and O–H groups in total. The Morgan fingerprint density at radius 3 is 2.89 bits per heavy atom. The van der Waals surface area contributed by atoms with E-state index in [4.69, 9.17) is 15.0 Å². The molecule has 1 aliphatic heterocycles. The number of pyridine rings is 1. The van der Waals surface area contributed by atoms with Crippen molar-refractivity contribution in [3.63, 3.8) is 0 Å². The first kappa shape index (κ1) is 11.2. The third-order valence-electron chi connectivity index (χ3n) is 2.84. The van der Waals surface area contributed by atoms with Gasteiger partial charge in [0.25, 0.3) is 0 Å². The van der Waals surface area contributed by atoms with Crippen LogP contribution in [0.4, 0.5) is 4.39 Å². The molecule has 3 heterocycles. The Morgan fingerprint density at radius 1 is 1.33 bits per heavy atom. The zero-order valence-electron chi connectivity index (χ0n) is 9.41. The van der Waals surface area contributed by atoms with Gasteiger partial charge in [0.15, 0.2) is 0 Å². The second-order valence-electron chi connectivity index (χ2n) is 4.13. The predicted molar refractivity (Wildman–Crippen MR) is 59.0 cm³/mol. The summed E-state index contributed by atoms with van der Waals surface area (Å²) in [4.78, 5) is 8.10. The van der Waals surface area contributed by atoms with Gasteiger partial charge in [-0.1, -0.05) is 5.16 Å². The highest BCUT2D eigenvalue weighted by molar-refractivity contribution is 5.47. The van der Waals surface area contributed by atoms with Crippen molar-refractivity contribution in [2.45, 2.75) is 12.0 Å². The topological polar surface area (TPSA) is 87.1 Å². The number of ether oxygens (including phenoxy) is 1. The highest BCUT2D eigenvalue weighted by Gasteiger charge is 2.31. The predicted octanol–water partition coefficient (Wildman–Crippen LogP) is 0.712. The number of hydrogen-bond donors (Lipinski definition) is 1. The molecule has 0 aromatic carbocycles. The van der Waals surface area contributed by atoms with Crippen LogP contribution in [0.15, 0.2) is 22.9 Å². The van der Waals surface area contributed by atoms with E-state index in [-0.39, 0.29) is 12.0 Å². The van der Waals surface area contributed by atoms with Crippen LogP contribution in [0.1, 0.15) is 11.8 Å². The molecule has 3 rings (SSSR count). The second-order valence-corrected chi connectivity index (χ2v) is 4.13. The van der Waals surface area contributed by atoms with Crippen molar-refractivity contribution in [3.05, 3.63) is 30.0 Å². The average Bonchev–Trinajstić information content (AvgIpc) is 2.98. The molecule has 2 aromatic heterocycles. The lowest BCUT2D eigenvalue weighted by Gasteiger charge is -2.05. The molecule has 1 saturated heterocycles. The van der Waals surface area contributed by atoms with Crippen molar-refractivity contribution >= 4 is 0 Å². The highest BCUT2D eigenvalue weighted by Crippen LogP contribution is 2.24. The van der Waals surface area contributed by atoms with Crippen molar-refractivity contribution in [3.8, 4) is 11.5 Å². The van der Waals surface area contributed by atoms with Crippen molar-refractivity contribution in [2.24, 2.45) is 5.73 Å². The van der Waals surface area contributed by atoms with E-state index in [0.717, 1.165) is 6.20 Å². The molecular weight excluding hydrogens is 239 g/mol. The largest absolute Gasteiger partial charge is 0.379 e. The molecule has 7 heteroatoms. The van der Waals surface area contributed by atoms with Gasteiger partial charge in [0.1, 0.15) is 11.5 Å². The Kier molecular flexibility index (Phi) is 2.77. The summed E-state index contributed by atoms with van der Waals surface area (Å²) in [5.74, 6) is 0.255. The Labute approximate surface area is 102 Å². The minimum Gasteiger partial charge on any atom is -0.379 e. The van der Waals surface area contributed by atoms with Gasteiger partial charge >= 0.3 is 0 Å². The molecule has 0 radical (unpaired) electrons. The summed E-state index contributed by atoms with van der Waals surface area (Å²) in [6.07, 6.45) is 1.11. The summed E-state index contributed by atoms with van der Waals surface area (Å²) in [7, 11) is 0. The van der Waals surface area contributed by atoms with E-state index in [0.29, 0.717) is 30.6 Å². The first-order valence-electron chi connectivity index (χ1n) is 5.53. The fourth-order valence-corrected chi connectivity index (χ4v) is 1.82. The SMILES string of the molecule is NC1COCC1c1nc(-c2ccc(F)cn2)no1. The summed E-state index contributed by atoms with van der Waals surface area (Å²) in [6.45, 7) is 0.955. The first-order chi connectivity index (χ1) is 8.74. The molecular formula is C11H11FN4O2. The number of nitrogens with zero attached hydrogens (tertiary/aromatic N) is 3. The molecule has 0 amide bonds. The number of halogens is 1. The van der Waals surface area contributed by atoms with Gasteiger partial charge in [-0.05, 0) is 12.1 Å². The van der Waals surface area contributed by atoms with Crippen molar-refractivity contribution in [1.82, 2.24) is 15.1 Å². The smallest absolute Gasteiger partial charge is 0.234 e. The number of aromatic nitrogens is 3. The normalized spacial score (nSPS) is 23.4. The minimum absolute atomic E-state index is 0.0910. The van der Waals surface area contributed by atoms with Gasteiger partial charge in [-0.25, -0.2) is 9.37 Å². The van der Waals surface area contributed by atoms with Crippen LogP contribution in [0.3, 0.4) is 0 Å². The van der Waals surface area contributed by atoms with Crippen LogP contribution in [0.5, 0.6) is 0 Å². The Balaban J connectivity index is 1.87. The minimum atomic E-state index is -0.409. The summed E-state index contributed by atoms with van der Waals surface area (Å²) in [5, 5.41) is 3.81. The van der Waals surface area contributed by atoms with Crippen LogP contribution < -0.4 is 5.73 Å². The van der Waals surface area contributed by atoms with E-state index < -0.39 is 5.82 Å². The molecule has 2 aromatic rings. The molecule has 94 valence electrons. The van der Waals surface area contributed by atoms with Crippen LogP contribution >= 0.6 is 0 Å². The Hall–Kier alpha value is -1.86. The zero-order valence-corrected chi connectivity index (χ0v) is 9.41. The molecule has 2 unspecified atom stereocenters. The number of rotatable bonds is 2. The zero-order chi connectivity index (χ0) is 12.5. The van der Waals surface area contributed by atoms with Gasteiger partial charge in [-0.15, -0.1) is 0 Å². The number of hydrogen-bond acceptors (Lipinski definition) is 6. The fraction of sp³-hybridized carbons (Fsp3) is 0.364. The second kappa shape index (κ2) is 4.43. The van der Waals surface area contributed by atoms with Crippen molar-refractivity contribution in [1.29, 1.82) is 0 Å². The molecule has 0 aliphatic carbocycles. The van der Waals surface area contributed by atoms with Gasteiger partial charge in [0, 0.05) is 6.04 Å². The third kappa shape index (κ3) is 1.98. The fourth-order valence-electron chi connectivity index (χ4n) is 1.82. The highest BCUT2D eigenvalue weighted by atomic mass is 19.1. The maximum atomic E-state index is 12.7.